The molecular formula is C22H25F6NO. The normalized spacial score (nSPS) is 20.4. The van der Waals surface area contributed by atoms with Crippen LogP contribution < -0.4 is 5.32 Å². The van der Waals surface area contributed by atoms with E-state index in [0.29, 0.717) is 12.5 Å². The molecule has 0 spiro atoms. The van der Waals surface area contributed by atoms with Gasteiger partial charge in [0.15, 0.2) is 0 Å². The third-order valence-corrected chi connectivity index (χ3v) is 5.02. The van der Waals surface area contributed by atoms with Crippen LogP contribution in [0.2, 0.25) is 0 Å². The molecule has 0 aromatic carbocycles. The molecule has 0 aromatic rings. The minimum atomic E-state index is -4.86. The molecular weight excluding hydrogens is 408 g/mol. The minimum Gasteiger partial charge on any atom is -0.346 e. The van der Waals surface area contributed by atoms with Crippen LogP contribution in [0.25, 0.3) is 0 Å². The molecule has 1 amide bonds. The number of carbonyl (C=O) groups is 1. The molecule has 0 radical (unpaired) electrons. The number of allylic oxidation sites excluding steroid dienone is 7. The van der Waals surface area contributed by atoms with E-state index in [1.807, 2.05) is 6.92 Å². The monoisotopic (exact) mass is 433 g/mol. The van der Waals surface area contributed by atoms with Gasteiger partial charge in [0.1, 0.15) is 6.67 Å². The maximum absolute atomic E-state index is 14.9. The zero-order chi connectivity index (χ0) is 22.4. The molecule has 30 heavy (non-hydrogen) atoms. The summed E-state index contributed by atoms with van der Waals surface area (Å²) in [7, 11) is 0. The maximum atomic E-state index is 14.9. The number of amides is 1. The minimum absolute atomic E-state index is 0.0217. The molecule has 0 aliphatic heterocycles. The Morgan fingerprint density at radius 3 is 2.53 bits per heavy atom. The largest absolute Gasteiger partial charge is 0.416 e. The highest BCUT2D eigenvalue weighted by atomic mass is 19.4. The van der Waals surface area contributed by atoms with E-state index < -0.39 is 47.4 Å². The summed E-state index contributed by atoms with van der Waals surface area (Å²) in [6.45, 7) is 1.03. The van der Waals surface area contributed by atoms with E-state index in [4.69, 9.17) is 0 Å². The molecule has 0 aromatic heterocycles. The van der Waals surface area contributed by atoms with Crippen molar-refractivity contribution in [1.82, 2.24) is 5.32 Å². The van der Waals surface area contributed by atoms with E-state index in [1.165, 1.54) is 18.2 Å². The SMILES string of the molecule is CCCCC=C(CF)C(=O)NC1C=CC(C(F)(F)C2=C(C(F)(F)F)C=CCC2)=CC1. The fraction of sp³-hybridized carbons (Fsp3) is 0.500. The summed E-state index contributed by atoms with van der Waals surface area (Å²) in [4.78, 5) is 12.2. The molecule has 0 heterocycles. The van der Waals surface area contributed by atoms with Crippen molar-refractivity contribution in [2.45, 2.75) is 63.6 Å². The number of unbranched alkanes of at least 4 members (excludes halogenated alkanes) is 2. The van der Waals surface area contributed by atoms with Crippen LogP contribution in [0, 0.1) is 0 Å². The van der Waals surface area contributed by atoms with Gasteiger partial charge in [0.25, 0.3) is 5.92 Å². The Kier molecular flexibility index (Phi) is 8.15. The van der Waals surface area contributed by atoms with Crippen molar-refractivity contribution in [2.24, 2.45) is 0 Å². The van der Waals surface area contributed by atoms with E-state index in [-0.39, 0.29) is 24.8 Å². The predicted molar refractivity (Wildman–Crippen MR) is 104 cm³/mol. The average Bonchev–Trinajstić information content (AvgIpc) is 2.71. The van der Waals surface area contributed by atoms with Crippen molar-refractivity contribution in [2.75, 3.05) is 6.67 Å². The van der Waals surface area contributed by atoms with Crippen molar-refractivity contribution in [1.29, 1.82) is 0 Å². The number of rotatable bonds is 8. The van der Waals surface area contributed by atoms with E-state index in [1.54, 1.807) is 0 Å². The Hall–Kier alpha value is -2.25. The van der Waals surface area contributed by atoms with Crippen molar-refractivity contribution >= 4 is 5.91 Å². The van der Waals surface area contributed by atoms with Gasteiger partial charge in [0, 0.05) is 16.7 Å². The number of nitrogens with one attached hydrogen (secondary N) is 1. The summed E-state index contributed by atoms with van der Waals surface area (Å²) in [5.74, 6) is -4.39. The highest BCUT2D eigenvalue weighted by Crippen LogP contribution is 2.44. The first-order valence-corrected chi connectivity index (χ1v) is 9.91. The van der Waals surface area contributed by atoms with Crippen LogP contribution >= 0.6 is 0 Å². The van der Waals surface area contributed by atoms with Gasteiger partial charge < -0.3 is 5.32 Å². The highest BCUT2D eigenvalue weighted by molar-refractivity contribution is 5.94. The second-order valence-electron chi connectivity index (χ2n) is 7.24. The molecule has 166 valence electrons. The smallest absolute Gasteiger partial charge is 0.346 e. The predicted octanol–water partition coefficient (Wildman–Crippen LogP) is 6.29. The van der Waals surface area contributed by atoms with Crippen LogP contribution in [0.1, 0.15) is 45.4 Å². The Morgan fingerprint density at radius 1 is 1.23 bits per heavy atom. The summed E-state index contributed by atoms with van der Waals surface area (Å²) in [6, 6.07) is -0.638. The molecule has 2 aliphatic carbocycles. The van der Waals surface area contributed by atoms with E-state index in [0.717, 1.165) is 25.0 Å². The van der Waals surface area contributed by atoms with Gasteiger partial charge in [0.2, 0.25) is 5.91 Å². The lowest BCUT2D eigenvalue weighted by atomic mass is 9.86. The van der Waals surface area contributed by atoms with Crippen LogP contribution in [0.5, 0.6) is 0 Å². The summed E-state index contributed by atoms with van der Waals surface area (Å²) >= 11 is 0. The lowest BCUT2D eigenvalue weighted by Gasteiger charge is -2.28. The first-order chi connectivity index (χ1) is 14.1. The van der Waals surface area contributed by atoms with E-state index in [9.17, 15) is 31.1 Å². The van der Waals surface area contributed by atoms with Gasteiger partial charge in [-0.15, -0.1) is 0 Å². The molecule has 1 atom stereocenters. The zero-order valence-corrected chi connectivity index (χ0v) is 16.7. The molecule has 2 rings (SSSR count). The average molecular weight is 433 g/mol. The van der Waals surface area contributed by atoms with Gasteiger partial charge in [-0.3, -0.25) is 4.79 Å². The third-order valence-electron chi connectivity index (χ3n) is 5.02. The fourth-order valence-corrected chi connectivity index (χ4v) is 3.34. The molecule has 1 unspecified atom stereocenters. The van der Waals surface area contributed by atoms with E-state index >= 15 is 0 Å². The van der Waals surface area contributed by atoms with Crippen molar-refractivity contribution < 1.29 is 31.1 Å². The van der Waals surface area contributed by atoms with Crippen molar-refractivity contribution in [3.63, 3.8) is 0 Å². The van der Waals surface area contributed by atoms with E-state index in [2.05, 4.69) is 5.32 Å². The van der Waals surface area contributed by atoms with Gasteiger partial charge in [-0.25, -0.2) is 4.39 Å². The Morgan fingerprint density at radius 2 is 1.97 bits per heavy atom. The second-order valence-corrected chi connectivity index (χ2v) is 7.24. The van der Waals surface area contributed by atoms with Gasteiger partial charge in [0.05, 0.1) is 11.6 Å². The summed E-state index contributed by atoms with van der Waals surface area (Å²) in [5.41, 5.74) is -2.82. The molecule has 2 nitrogen and oxygen atoms in total. The zero-order valence-electron chi connectivity index (χ0n) is 16.7. The Bertz CT molecular complexity index is 786. The first-order valence-electron chi connectivity index (χ1n) is 9.91. The first kappa shape index (κ1) is 24.0. The molecule has 0 saturated heterocycles. The number of hydrogen-bond acceptors (Lipinski definition) is 1. The number of hydrogen-bond donors (Lipinski definition) is 1. The quantitative estimate of drug-likeness (QED) is 0.272. The lowest BCUT2D eigenvalue weighted by molar-refractivity contribution is -0.118. The van der Waals surface area contributed by atoms with Gasteiger partial charge in [-0.1, -0.05) is 56.2 Å². The molecule has 0 fully saturated rings. The van der Waals surface area contributed by atoms with Gasteiger partial charge in [-0.05, 0) is 25.7 Å². The lowest BCUT2D eigenvalue weighted by Crippen LogP contribution is -2.36. The highest BCUT2D eigenvalue weighted by Gasteiger charge is 2.46. The molecule has 0 bridgehead atoms. The van der Waals surface area contributed by atoms with Crippen LogP contribution in [0.3, 0.4) is 0 Å². The number of carbonyl (C=O) groups excluding carboxylic acids is 1. The van der Waals surface area contributed by atoms with Crippen LogP contribution in [0.4, 0.5) is 26.3 Å². The van der Waals surface area contributed by atoms with Gasteiger partial charge >= 0.3 is 6.18 Å². The number of halogens is 6. The maximum Gasteiger partial charge on any atom is 0.416 e. The Balaban J connectivity index is 2.11. The summed E-state index contributed by atoms with van der Waals surface area (Å²) in [5, 5.41) is 2.55. The molecule has 2 aliphatic rings. The molecule has 8 heteroatoms. The summed E-state index contributed by atoms with van der Waals surface area (Å²) < 4.78 is 82.3. The standard InChI is InChI=1S/C22H25F6NO/c1-2-3-4-7-15(14-23)20(30)29-17-12-10-16(11-13-17)21(24,25)18-8-5-6-9-19(18)22(26,27)28/h6-7,9-12,17H,2-5,8,13-14H2,1H3,(H,29,30). The van der Waals surface area contributed by atoms with Crippen LogP contribution in [0.15, 0.2) is 58.7 Å². The third kappa shape index (κ3) is 5.89. The fourth-order valence-electron chi connectivity index (χ4n) is 3.34. The second kappa shape index (κ2) is 10.2. The number of alkyl halides is 6. The van der Waals surface area contributed by atoms with Crippen LogP contribution in [-0.4, -0.2) is 30.7 Å². The topological polar surface area (TPSA) is 29.1 Å². The molecule has 0 saturated carbocycles. The van der Waals surface area contributed by atoms with Crippen LogP contribution in [-0.2, 0) is 4.79 Å². The Labute approximate surface area is 172 Å². The van der Waals surface area contributed by atoms with Gasteiger partial charge in [-0.2, -0.15) is 22.0 Å². The summed E-state index contributed by atoms with van der Waals surface area (Å²) in [6.07, 6.45) is 4.01. The van der Waals surface area contributed by atoms with Crippen molar-refractivity contribution in [3.8, 4) is 0 Å². The molecule has 1 N–H and O–H groups in total. The van der Waals surface area contributed by atoms with Crippen molar-refractivity contribution in [3.05, 3.63) is 58.7 Å².